The lowest BCUT2D eigenvalue weighted by Gasteiger charge is -2.03. The smallest absolute Gasteiger partial charge is 0.103 e. The number of aromatic nitrogens is 4. The molecule has 0 saturated heterocycles. The number of rotatable bonds is 2. The summed E-state index contributed by atoms with van der Waals surface area (Å²) in [5, 5.41) is 12.5. The van der Waals surface area contributed by atoms with Crippen molar-refractivity contribution in [2.24, 2.45) is 0 Å². The SMILES string of the molecule is c1ccc2c(-c3[nH]c4ccccc4c3-c3n[nH]c4ccccc34)[nH]cc2c1. The molecule has 128 valence electrons. The van der Waals surface area contributed by atoms with Gasteiger partial charge in [-0.1, -0.05) is 60.7 Å². The standard InChI is InChI=1S/C23H16N4/c1-2-8-15-14(7-1)13-24-22(15)23-20(16-9-3-5-11-18(16)25-23)21-17-10-4-6-12-19(17)26-27-21/h1-13,24-25H,(H,26,27). The topological polar surface area (TPSA) is 60.3 Å². The number of para-hydroxylation sites is 2. The first-order valence-electron chi connectivity index (χ1n) is 9.01. The van der Waals surface area contributed by atoms with E-state index in [1.807, 2.05) is 6.07 Å². The van der Waals surface area contributed by atoms with E-state index in [0.717, 1.165) is 39.1 Å². The van der Waals surface area contributed by atoms with Crippen molar-refractivity contribution in [3.63, 3.8) is 0 Å². The third kappa shape index (κ3) is 2.01. The Morgan fingerprint density at radius 2 is 1.33 bits per heavy atom. The molecule has 4 heteroatoms. The molecule has 0 spiro atoms. The first kappa shape index (κ1) is 14.4. The molecule has 0 aliphatic rings. The van der Waals surface area contributed by atoms with Crippen LogP contribution in [0.4, 0.5) is 0 Å². The number of fused-ring (bicyclic) bond motifs is 3. The highest BCUT2D eigenvalue weighted by molar-refractivity contribution is 6.11. The molecule has 4 nitrogen and oxygen atoms in total. The molecule has 3 aromatic heterocycles. The van der Waals surface area contributed by atoms with Crippen LogP contribution in [0.2, 0.25) is 0 Å². The molecule has 6 rings (SSSR count). The average Bonchev–Trinajstić information content (AvgIpc) is 3.42. The van der Waals surface area contributed by atoms with Gasteiger partial charge in [-0.05, 0) is 17.5 Å². The minimum atomic E-state index is 0.969. The molecule has 0 atom stereocenters. The van der Waals surface area contributed by atoms with Crippen LogP contribution in [0, 0.1) is 0 Å². The van der Waals surface area contributed by atoms with Crippen LogP contribution in [0.15, 0.2) is 79.0 Å². The summed E-state index contributed by atoms with van der Waals surface area (Å²) in [5.41, 5.74) is 6.39. The summed E-state index contributed by atoms with van der Waals surface area (Å²) in [4.78, 5) is 7.10. The second kappa shape index (κ2) is 5.35. The predicted octanol–water partition coefficient (Wildman–Crippen LogP) is 5.86. The summed E-state index contributed by atoms with van der Waals surface area (Å²) in [6.45, 7) is 0. The Balaban J connectivity index is 1.75. The van der Waals surface area contributed by atoms with Crippen molar-refractivity contribution in [3.8, 4) is 22.6 Å². The van der Waals surface area contributed by atoms with Crippen LogP contribution in [0.5, 0.6) is 0 Å². The zero-order chi connectivity index (χ0) is 17.8. The second-order valence-corrected chi connectivity index (χ2v) is 6.79. The maximum absolute atomic E-state index is 4.68. The van der Waals surface area contributed by atoms with E-state index in [1.54, 1.807) is 0 Å². The van der Waals surface area contributed by atoms with Gasteiger partial charge < -0.3 is 9.97 Å². The highest BCUT2D eigenvalue weighted by Crippen LogP contribution is 2.41. The first-order valence-corrected chi connectivity index (χ1v) is 9.01. The van der Waals surface area contributed by atoms with Crippen molar-refractivity contribution >= 4 is 32.6 Å². The fourth-order valence-corrected chi connectivity index (χ4v) is 4.01. The van der Waals surface area contributed by atoms with Gasteiger partial charge in [0.25, 0.3) is 0 Å². The van der Waals surface area contributed by atoms with Crippen molar-refractivity contribution in [2.75, 3.05) is 0 Å². The number of hydrogen-bond acceptors (Lipinski definition) is 1. The summed E-state index contributed by atoms with van der Waals surface area (Å²) in [5.74, 6) is 0. The number of hydrogen-bond donors (Lipinski definition) is 3. The zero-order valence-electron chi connectivity index (χ0n) is 14.5. The van der Waals surface area contributed by atoms with Crippen LogP contribution in [-0.2, 0) is 0 Å². The van der Waals surface area contributed by atoms with Gasteiger partial charge in [-0.2, -0.15) is 5.10 Å². The molecule has 6 aromatic rings. The molecule has 0 radical (unpaired) electrons. The van der Waals surface area contributed by atoms with Crippen molar-refractivity contribution in [1.82, 2.24) is 20.2 Å². The van der Waals surface area contributed by atoms with Crippen molar-refractivity contribution in [3.05, 3.63) is 79.0 Å². The summed E-state index contributed by atoms with van der Waals surface area (Å²) in [6.07, 6.45) is 2.06. The number of H-pyrrole nitrogens is 3. The van der Waals surface area contributed by atoms with Crippen LogP contribution in [-0.4, -0.2) is 20.2 Å². The molecule has 3 heterocycles. The first-order chi connectivity index (χ1) is 13.4. The Morgan fingerprint density at radius 3 is 2.22 bits per heavy atom. The van der Waals surface area contributed by atoms with E-state index in [2.05, 4.69) is 93.1 Å². The largest absolute Gasteiger partial charge is 0.359 e. The molecule has 0 unspecified atom stereocenters. The Bertz CT molecular complexity index is 1430. The van der Waals surface area contributed by atoms with Crippen LogP contribution in [0.1, 0.15) is 0 Å². The van der Waals surface area contributed by atoms with E-state index in [1.165, 1.54) is 16.2 Å². The predicted molar refractivity (Wildman–Crippen MR) is 111 cm³/mol. The van der Waals surface area contributed by atoms with Crippen molar-refractivity contribution in [1.29, 1.82) is 0 Å². The molecule has 0 fully saturated rings. The maximum atomic E-state index is 4.68. The summed E-state index contributed by atoms with van der Waals surface area (Å²) < 4.78 is 0. The van der Waals surface area contributed by atoms with Gasteiger partial charge in [0.2, 0.25) is 0 Å². The molecular formula is C23H16N4. The van der Waals surface area contributed by atoms with Crippen molar-refractivity contribution in [2.45, 2.75) is 0 Å². The number of aromatic amines is 3. The monoisotopic (exact) mass is 348 g/mol. The Kier molecular flexibility index (Phi) is 2.85. The summed E-state index contributed by atoms with van der Waals surface area (Å²) in [6, 6.07) is 25.1. The number of nitrogens with zero attached hydrogens (tertiary/aromatic N) is 1. The molecule has 0 saturated carbocycles. The molecular weight excluding hydrogens is 332 g/mol. The minimum absolute atomic E-state index is 0.969. The van der Waals surface area contributed by atoms with Gasteiger partial charge >= 0.3 is 0 Å². The van der Waals surface area contributed by atoms with E-state index in [-0.39, 0.29) is 0 Å². The van der Waals surface area contributed by atoms with Gasteiger partial charge in [0.15, 0.2) is 0 Å². The summed E-state index contributed by atoms with van der Waals surface area (Å²) in [7, 11) is 0. The van der Waals surface area contributed by atoms with Gasteiger partial charge in [-0.3, -0.25) is 5.10 Å². The van der Waals surface area contributed by atoms with Crippen LogP contribution in [0.25, 0.3) is 55.2 Å². The Hall–Kier alpha value is -3.79. The fraction of sp³-hybridized carbons (Fsp3) is 0. The van der Waals surface area contributed by atoms with E-state index in [9.17, 15) is 0 Å². The fourth-order valence-electron chi connectivity index (χ4n) is 4.01. The second-order valence-electron chi connectivity index (χ2n) is 6.79. The lowest BCUT2D eigenvalue weighted by atomic mass is 10.0. The van der Waals surface area contributed by atoms with Crippen molar-refractivity contribution < 1.29 is 0 Å². The molecule has 27 heavy (non-hydrogen) atoms. The zero-order valence-corrected chi connectivity index (χ0v) is 14.5. The van der Waals surface area contributed by atoms with Crippen LogP contribution in [0.3, 0.4) is 0 Å². The average molecular weight is 348 g/mol. The van der Waals surface area contributed by atoms with Crippen LogP contribution >= 0.6 is 0 Å². The number of benzene rings is 3. The van der Waals surface area contributed by atoms with E-state index in [0.29, 0.717) is 0 Å². The van der Waals surface area contributed by atoms with E-state index >= 15 is 0 Å². The normalized spacial score (nSPS) is 11.7. The lowest BCUT2D eigenvalue weighted by molar-refractivity contribution is 1.12. The highest BCUT2D eigenvalue weighted by Gasteiger charge is 2.21. The number of nitrogens with one attached hydrogen (secondary N) is 3. The third-order valence-electron chi connectivity index (χ3n) is 5.27. The molecule has 0 aliphatic carbocycles. The quantitative estimate of drug-likeness (QED) is 0.361. The third-order valence-corrected chi connectivity index (χ3v) is 5.27. The molecule has 3 N–H and O–H groups in total. The lowest BCUT2D eigenvalue weighted by Crippen LogP contribution is -1.85. The van der Waals surface area contributed by atoms with E-state index in [4.69, 9.17) is 0 Å². The van der Waals surface area contributed by atoms with Gasteiger partial charge in [0.05, 0.1) is 16.9 Å². The van der Waals surface area contributed by atoms with Crippen LogP contribution < -0.4 is 0 Å². The van der Waals surface area contributed by atoms with Gasteiger partial charge in [0, 0.05) is 33.4 Å². The van der Waals surface area contributed by atoms with Gasteiger partial charge in [-0.25, -0.2) is 0 Å². The molecule has 0 amide bonds. The Labute approximate surface area is 154 Å². The van der Waals surface area contributed by atoms with Gasteiger partial charge in [0.1, 0.15) is 5.69 Å². The molecule has 0 bridgehead atoms. The minimum Gasteiger partial charge on any atom is -0.359 e. The molecule has 3 aromatic carbocycles. The Morgan fingerprint density at radius 1 is 0.630 bits per heavy atom. The van der Waals surface area contributed by atoms with Gasteiger partial charge in [-0.15, -0.1) is 0 Å². The maximum Gasteiger partial charge on any atom is 0.103 e. The summed E-state index contributed by atoms with van der Waals surface area (Å²) >= 11 is 0. The van der Waals surface area contributed by atoms with E-state index < -0.39 is 0 Å². The highest BCUT2D eigenvalue weighted by atomic mass is 15.1. The molecule has 0 aliphatic heterocycles.